The molecule has 5 heteroatoms. The van der Waals surface area contributed by atoms with Gasteiger partial charge in [-0.05, 0) is 37.2 Å². The molecule has 1 aliphatic heterocycles. The van der Waals surface area contributed by atoms with Gasteiger partial charge in [-0.2, -0.15) is 0 Å². The van der Waals surface area contributed by atoms with Crippen molar-refractivity contribution >= 4 is 18.3 Å². The number of amides is 1. The highest BCUT2D eigenvalue weighted by atomic mass is 35.5. The number of hydrogen-bond acceptors (Lipinski definition) is 3. The second kappa shape index (κ2) is 7.24. The van der Waals surface area contributed by atoms with Crippen LogP contribution in [0.2, 0.25) is 0 Å². The summed E-state index contributed by atoms with van der Waals surface area (Å²) in [4.78, 5) is 14.1. The third kappa shape index (κ3) is 3.62. The summed E-state index contributed by atoms with van der Waals surface area (Å²) in [6, 6.07) is 7.28. The van der Waals surface area contributed by atoms with E-state index >= 15 is 0 Å². The lowest BCUT2D eigenvalue weighted by atomic mass is 10.2. The summed E-state index contributed by atoms with van der Waals surface area (Å²) in [5, 5.41) is 3.29. The van der Waals surface area contributed by atoms with Gasteiger partial charge < -0.3 is 15.0 Å². The predicted molar refractivity (Wildman–Crippen MR) is 73.6 cm³/mol. The van der Waals surface area contributed by atoms with Crippen molar-refractivity contribution in [1.29, 1.82) is 0 Å². The van der Waals surface area contributed by atoms with Gasteiger partial charge in [0, 0.05) is 25.2 Å². The van der Waals surface area contributed by atoms with Gasteiger partial charge in [0.2, 0.25) is 0 Å². The Balaban J connectivity index is 0.00000162. The number of halogens is 1. The molecule has 0 unspecified atom stereocenters. The highest BCUT2D eigenvalue weighted by Gasteiger charge is 2.16. The molecule has 0 bridgehead atoms. The first-order chi connectivity index (χ1) is 8.31. The van der Waals surface area contributed by atoms with Crippen LogP contribution in [0.4, 0.5) is 0 Å². The molecule has 1 heterocycles. The molecule has 2 rings (SSSR count). The van der Waals surface area contributed by atoms with Crippen LogP contribution in [-0.2, 0) is 0 Å². The minimum absolute atomic E-state index is 0. The van der Waals surface area contributed by atoms with E-state index < -0.39 is 0 Å². The number of rotatable bonds is 2. The third-order valence-electron chi connectivity index (χ3n) is 2.96. The zero-order valence-corrected chi connectivity index (χ0v) is 11.3. The molecule has 4 nitrogen and oxygen atoms in total. The molecule has 1 aromatic rings. The Morgan fingerprint density at radius 1 is 1.22 bits per heavy atom. The van der Waals surface area contributed by atoms with Crippen molar-refractivity contribution in [1.82, 2.24) is 10.2 Å². The van der Waals surface area contributed by atoms with Crippen molar-refractivity contribution in [2.75, 3.05) is 33.3 Å². The SMILES string of the molecule is COc1ccc(C(=O)N2CCCNCC2)cc1.Cl. The topological polar surface area (TPSA) is 41.6 Å². The normalized spacial score (nSPS) is 15.5. The van der Waals surface area contributed by atoms with Gasteiger partial charge in [-0.3, -0.25) is 4.79 Å². The first-order valence-electron chi connectivity index (χ1n) is 5.95. The van der Waals surface area contributed by atoms with E-state index in [1.165, 1.54) is 0 Å². The number of nitrogens with one attached hydrogen (secondary N) is 1. The summed E-state index contributed by atoms with van der Waals surface area (Å²) in [6.07, 6.45) is 1.02. The molecule has 100 valence electrons. The van der Waals surface area contributed by atoms with E-state index in [9.17, 15) is 4.79 Å². The van der Waals surface area contributed by atoms with Crippen LogP contribution in [0, 0.1) is 0 Å². The van der Waals surface area contributed by atoms with Gasteiger partial charge in [0.15, 0.2) is 0 Å². The molecule has 0 saturated carbocycles. The lowest BCUT2D eigenvalue weighted by Crippen LogP contribution is -2.34. The molecular formula is C13H19ClN2O2. The fourth-order valence-electron chi connectivity index (χ4n) is 1.96. The highest BCUT2D eigenvalue weighted by Crippen LogP contribution is 2.13. The predicted octanol–water partition coefficient (Wildman–Crippen LogP) is 1.55. The number of nitrogens with zero attached hydrogens (tertiary/aromatic N) is 1. The molecule has 1 amide bonds. The van der Waals surface area contributed by atoms with Crippen molar-refractivity contribution in [2.24, 2.45) is 0 Å². The maximum absolute atomic E-state index is 12.2. The van der Waals surface area contributed by atoms with Crippen LogP contribution < -0.4 is 10.1 Å². The van der Waals surface area contributed by atoms with E-state index in [1.54, 1.807) is 7.11 Å². The third-order valence-corrected chi connectivity index (χ3v) is 2.96. The van der Waals surface area contributed by atoms with E-state index in [0.717, 1.165) is 43.9 Å². The first kappa shape index (κ1) is 14.8. The Hall–Kier alpha value is -1.26. The Bertz CT molecular complexity index is 373. The second-order valence-electron chi connectivity index (χ2n) is 4.12. The molecule has 18 heavy (non-hydrogen) atoms. The van der Waals surface area contributed by atoms with Gasteiger partial charge >= 0.3 is 0 Å². The lowest BCUT2D eigenvalue weighted by molar-refractivity contribution is 0.0766. The van der Waals surface area contributed by atoms with Crippen LogP contribution in [-0.4, -0.2) is 44.1 Å². The second-order valence-corrected chi connectivity index (χ2v) is 4.12. The summed E-state index contributed by atoms with van der Waals surface area (Å²) in [6.45, 7) is 3.48. The van der Waals surface area contributed by atoms with Gasteiger partial charge in [0.05, 0.1) is 7.11 Å². The average molecular weight is 271 g/mol. The molecule has 0 radical (unpaired) electrons. The van der Waals surface area contributed by atoms with Crippen molar-refractivity contribution < 1.29 is 9.53 Å². The highest BCUT2D eigenvalue weighted by molar-refractivity contribution is 5.94. The molecule has 1 aliphatic rings. The van der Waals surface area contributed by atoms with Crippen LogP contribution in [0.25, 0.3) is 0 Å². The van der Waals surface area contributed by atoms with E-state index in [1.807, 2.05) is 29.2 Å². The van der Waals surface area contributed by atoms with Crippen molar-refractivity contribution in [3.05, 3.63) is 29.8 Å². The van der Waals surface area contributed by atoms with E-state index in [0.29, 0.717) is 0 Å². The van der Waals surface area contributed by atoms with Crippen LogP contribution in [0.15, 0.2) is 24.3 Å². The van der Waals surface area contributed by atoms with Gasteiger partial charge in [-0.15, -0.1) is 12.4 Å². The maximum Gasteiger partial charge on any atom is 0.253 e. The average Bonchev–Trinajstić information content (AvgIpc) is 2.67. The number of ether oxygens (including phenoxy) is 1. The first-order valence-corrected chi connectivity index (χ1v) is 5.95. The molecule has 1 fully saturated rings. The van der Waals surface area contributed by atoms with Crippen LogP contribution in [0.1, 0.15) is 16.8 Å². The maximum atomic E-state index is 12.2. The molecule has 0 aliphatic carbocycles. The molecule has 1 saturated heterocycles. The van der Waals surface area contributed by atoms with E-state index in [2.05, 4.69) is 5.32 Å². The molecule has 0 atom stereocenters. The number of carbonyl (C=O) groups is 1. The molecule has 1 aromatic carbocycles. The van der Waals surface area contributed by atoms with Crippen molar-refractivity contribution in [3.63, 3.8) is 0 Å². The van der Waals surface area contributed by atoms with E-state index in [-0.39, 0.29) is 18.3 Å². The standard InChI is InChI=1S/C13H18N2O2.ClH/c1-17-12-5-3-11(4-6-12)13(16)15-9-2-7-14-8-10-15;/h3-6,14H,2,7-10H2,1H3;1H. The molecule has 1 N–H and O–H groups in total. The molecular weight excluding hydrogens is 252 g/mol. The van der Waals surface area contributed by atoms with Gasteiger partial charge in [0.25, 0.3) is 5.91 Å². The summed E-state index contributed by atoms with van der Waals surface area (Å²) >= 11 is 0. The number of benzene rings is 1. The van der Waals surface area contributed by atoms with Gasteiger partial charge in [-0.1, -0.05) is 0 Å². The van der Waals surface area contributed by atoms with Crippen LogP contribution in [0.5, 0.6) is 5.75 Å². The quantitative estimate of drug-likeness (QED) is 0.887. The molecule has 0 aromatic heterocycles. The zero-order valence-electron chi connectivity index (χ0n) is 10.5. The number of hydrogen-bond donors (Lipinski definition) is 1. The lowest BCUT2D eigenvalue weighted by Gasteiger charge is -2.20. The van der Waals surface area contributed by atoms with Gasteiger partial charge in [-0.25, -0.2) is 0 Å². The number of methoxy groups -OCH3 is 1. The van der Waals surface area contributed by atoms with Crippen LogP contribution >= 0.6 is 12.4 Å². The summed E-state index contributed by atoms with van der Waals surface area (Å²) in [7, 11) is 1.62. The number of carbonyl (C=O) groups excluding carboxylic acids is 1. The Kier molecular flexibility index (Phi) is 5.95. The largest absolute Gasteiger partial charge is 0.497 e. The Labute approximate surface area is 114 Å². The summed E-state index contributed by atoms with van der Waals surface area (Å²) in [5.41, 5.74) is 0.729. The monoisotopic (exact) mass is 270 g/mol. The Morgan fingerprint density at radius 2 is 1.94 bits per heavy atom. The van der Waals surface area contributed by atoms with Crippen LogP contribution in [0.3, 0.4) is 0 Å². The smallest absolute Gasteiger partial charge is 0.253 e. The van der Waals surface area contributed by atoms with Crippen molar-refractivity contribution in [2.45, 2.75) is 6.42 Å². The fourth-order valence-corrected chi connectivity index (χ4v) is 1.96. The van der Waals surface area contributed by atoms with E-state index in [4.69, 9.17) is 4.74 Å². The Morgan fingerprint density at radius 3 is 2.61 bits per heavy atom. The van der Waals surface area contributed by atoms with Crippen molar-refractivity contribution in [3.8, 4) is 5.75 Å². The zero-order chi connectivity index (χ0) is 12.1. The fraction of sp³-hybridized carbons (Fsp3) is 0.462. The summed E-state index contributed by atoms with van der Waals surface area (Å²) < 4.78 is 5.08. The summed E-state index contributed by atoms with van der Waals surface area (Å²) in [5.74, 6) is 0.885. The van der Waals surface area contributed by atoms with Gasteiger partial charge in [0.1, 0.15) is 5.75 Å². The minimum atomic E-state index is 0. The minimum Gasteiger partial charge on any atom is -0.497 e. The molecule has 0 spiro atoms.